The lowest BCUT2D eigenvalue weighted by Gasteiger charge is -2.41. The van der Waals surface area contributed by atoms with Crippen molar-refractivity contribution in [3.63, 3.8) is 0 Å². The molecule has 5 nitrogen and oxygen atoms in total. The molecule has 1 aromatic carbocycles. The molecular weight excluding hydrogens is 396 g/mol. The van der Waals surface area contributed by atoms with Gasteiger partial charge in [0.15, 0.2) is 0 Å². The van der Waals surface area contributed by atoms with Gasteiger partial charge in [0.1, 0.15) is 5.82 Å². The lowest BCUT2D eigenvalue weighted by Crippen LogP contribution is -2.60. The first-order chi connectivity index (χ1) is 15.6. The van der Waals surface area contributed by atoms with Crippen LogP contribution in [0, 0.1) is 11.8 Å². The Hall–Kier alpha value is -2.40. The van der Waals surface area contributed by atoms with Crippen LogP contribution >= 0.6 is 0 Å². The fraction of sp³-hybridized carbons (Fsp3) is 0.556. The molecule has 4 N–H and O–H groups in total. The molecule has 0 aliphatic heterocycles. The normalized spacial score (nSPS) is 19.8. The molecule has 2 fully saturated rings. The zero-order valence-corrected chi connectivity index (χ0v) is 19.2. The van der Waals surface area contributed by atoms with Crippen LogP contribution < -0.4 is 16.4 Å². The molecule has 2 aliphatic rings. The van der Waals surface area contributed by atoms with Gasteiger partial charge in [0.05, 0.1) is 5.54 Å². The zero-order chi connectivity index (χ0) is 22.2. The van der Waals surface area contributed by atoms with Crippen molar-refractivity contribution < 1.29 is 4.79 Å². The SMILES string of the molecule is NC(CC1CCCCC1)(C(=O)NCc1ccc(Nc2ccccc2)nc1)C1CCCCC1. The van der Waals surface area contributed by atoms with Crippen molar-refractivity contribution in [1.29, 1.82) is 0 Å². The number of pyridine rings is 1. The molecular formula is C27H38N4O. The van der Waals surface area contributed by atoms with Crippen LogP contribution in [0.2, 0.25) is 0 Å². The summed E-state index contributed by atoms with van der Waals surface area (Å²) in [5.74, 6) is 1.71. The van der Waals surface area contributed by atoms with Crippen molar-refractivity contribution in [3.05, 3.63) is 54.2 Å². The van der Waals surface area contributed by atoms with Crippen LogP contribution in [0.1, 0.15) is 76.2 Å². The summed E-state index contributed by atoms with van der Waals surface area (Å²) in [7, 11) is 0. The van der Waals surface area contributed by atoms with Gasteiger partial charge in [-0.15, -0.1) is 0 Å². The molecule has 32 heavy (non-hydrogen) atoms. The number of para-hydroxylation sites is 1. The van der Waals surface area contributed by atoms with Crippen molar-refractivity contribution in [2.24, 2.45) is 17.6 Å². The molecule has 0 bridgehead atoms. The van der Waals surface area contributed by atoms with Gasteiger partial charge in [-0.3, -0.25) is 4.79 Å². The number of carbonyl (C=O) groups is 1. The minimum atomic E-state index is -0.745. The van der Waals surface area contributed by atoms with Crippen LogP contribution in [0.15, 0.2) is 48.7 Å². The molecule has 2 aromatic rings. The van der Waals surface area contributed by atoms with E-state index in [1.54, 1.807) is 0 Å². The number of rotatable bonds is 8. The van der Waals surface area contributed by atoms with E-state index in [0.717, 1.165) is 36.3 Å². The number of anilines is 2. The Kier molecular flexibility index (Phi) is 7.80. The highest BCUT2D eigenvalue weighted by molar-refractivity contribution is 5.86. The monoisotopic (exact) mass is 434 g/mol. The first-order valence-electron chi connectivity index (χ1n) is 12.5. The number of nitrogens with zero attached hydrogens (tertiary/aromatic N) is 1. The highest BCUT2D eigenvalue weighted by atomic mass is 16.2. The summed E-state index contributed by atoms with van der Waals surface area (Å²) in [6.45, 7) is 0.466. The Bertz CT molecular complexity index is 842. The van der Waals surface area contributed by atoms with Crippen LogP contribution in [-0.4, -0.2) is 16.4 Å². The van der Waals surface area contributed by atoms with Crippen LogP contribution in [0.3, 0.4) is 0 Å². The third-order valence-corrected chi connectivity index (χ3v) is 7.43. The fourth-order valence-electron chi connectivity index (χ4n) is 5.55. The molecule has 5 heteroatoms. The molecule has 2 saturated carbocycles. The molecule has 1 atom stereocenters. The van der Waals surface area contributed by atoms with Gasteiger partial charge in [0.25, 0.3) is 0 Å². The zero-order valence-electron chi connectivity index (χ0n) is 19.2. The molecule has 1 aromatic heterocycles. The number of nitrogens with two attached hydrogens (primary N) is 1. The van der Waals surface area contributed by atoms with Crippen LogP contribution in [0.25, 0.3) is 0 Å². The number of aromatic nitrogens is 1. The maximum absolute atomic E-state index is 13.5. The minimum absolute atomic E-state index is 0.0291. The third-order valence-electron chi connectivity index (χ3n) is 7.43. The summed E-state index contributed by atoms with van der Waals surface area (Å²) in [4.78, 5) is 18.0. The van der Waals surface area contributed by atoms with Gasteiger partial charge in [-0.2, -0.15) is 0 Å². The smallest absolute Gasteiger partial charge is 0.240 e. The topological polar surface area (TPSA) is 80.0 Å². The molecule has 1 unspecified atom stereocenters. The van der Waals surface area contributed by atoms with Crippen molar-refractivity contribution >= 4 is 17.4 Å². The maximum Gasteiger partial charge on any atom is 0.240 e. The van der Waals surface area contributed by atoms with Gasteiger partial charge in [-0.25, -0.2) is 4.98 Å². The predicted octanol–water partition coefficient (Wildman–Crippen LogP) is 5.69. The Labute approximate surface area is 192 Å². The number of carbonyl (C=O) groups excluding carboxylic acids is 1. The molecule has 0 saturated heterocycles. The van der Waals surface area contributed by atoms with Crippen LogP contribution in [0.4, 0.5) is 11.5 Å². The maximum atomic E-state index is 13.5. The first kappa shape index (κ1) is 22.8. The van der Waals surface area contributed by atoms with E-state index in [4.69, 9.17) is 5.73 Å². The van der Waals surface area contributed by atoms with Gasteiger partial charge in [-0.1, -0.05) is 75.6 Å². The number of benzene rings is 1. The Morgan fingerprint density at radius 1 is 0.938 bits per heavy atom. The summed E-state index contributed by atoms with van der Waals surface area (Å²) in [5.41, 5.74) is 8.23. The van der Waals surface area contributed by atoms with Crippen LogP contribution in [0.5, 0.6) is 0 Å². The van der Waals surface area contributed by atoms with Crippen molar-refractivity contribution in [1.82, 2.24) is 10.3 Å². The number of amides is 1. The highest BCUT2D eigenvalue weighted by Crippen LogP contribution is 2.38. The van der Waals surface area contributed by atoms with Crippen molar-refractivity contribution in [2.75, 3.05) is 5.32 Å². The Balaban J connectivity index is 1.37. The van der Waals surface area contributed by atoms with Gasteiger partial charge in [0.2, 0.25) is 5.91 Å². The molecule has 0 spiro atoms. The summed E-state index contributed by atoms with van der Waals surface area (Å²) in [6.07, 6.45) is 14.8. The summed E-state index contributed by atoms with van der Waals surface area (Å²) in [6, 6.07) is 14.0. The average molecular weight is 435 g/mol. The minimum Gasteiger partial charge on any atom is -0.350 e. The molecule has 1 heterocycles. The van der Waals surface area contributed by atoms with Gasteiger partial charge < -0.3 is 16.4 Å². The molecule has 4 rings (SSSR count). The second-order valence-corrected chi connectivity index (χ2v) is 9.81. The first-order valence-corrected chi connectivity index (χ1v) is 12.5. The van der Waals surface area contributed by atoms with Gasteiger partial charge >= 0.3 is 0 Å². The van der Waals surface area contributed by atoms with Crippen molar-refractivity contribution in [3.8, 4) is 0 Å². The Morgan fingerprint density at radius 2 is 1.62 bits per heavy atom. The quantitative estimate of drug-likeness (QED) is 0.499. The largest absolute Gasteiger partial charge is 0.350 e. The van der Waals surface area contributed by atoms with Crippen molar-refractivity contribution in [2.45, 2.75) is 82.7 Å². The summed E-state index contributed by atoms with van der Waals surface area (Å²) < 4.78 is 0. The molecule has 1 amide bonds. The van der Waals surface area contributed by atoms with E-state index in [0.29, 0.717) is 18.4 Å². The number of hydrogen-bond acceptors (Lipinski definition) is 4. The average Bonchev–Trinajstić information content (AvgIpc) is 2.85. The number of nitrogens with one attached hydrogen (secondary N) is 2. The van der Waals surface area contributed by atoms with Gasteiger partial charge in [0, 0.05) is 18.4 Å². The molecule has 172 valence electrons. The highest BCUT2D eigenvalue weighted by Gasteiger charge is 2.43. The lowest BCUT2D eigenvalue weighted by atomic mass is 9.68. The van der Waals surface area contributed by atoms with E-state index in [1.807, 2.05) is 48.7 Å². The summed E-state index contributed by atoms with van der Waals surface area (Å²) >= 11 is 0. The fourth-order valence-corrected chi connectivity index (χ4v) is 5.55. The predicted molar refractivity (Wildman–Crippen MR) is 130 cm³/mol. The van der Waals surface area contributed by atoms with Gasteiger partial charge in [-0.05, 0) is 54.9 Å². The standard InChI is InChI=1S/C27H38N4O/c28-27(23-12-6-2-7-13-23,18-21-10-4-1-5-11-21)26(32)30-20-22-16-17-25(29-19-22)31-24-14-8-3-9-15-24/h3,8-9,14-17,19,21,23H,1-2,4-7,10-13,18,20,28H2,(H,29,31)(H,30,32). The van der Waals surface area contributed by atoms with E-state index in [2.05, 4.69) is 15.6 Å². The van der Waals surface area contributed by atoms with E-state index in [9.17, 15) is 4.79 Å². The molecule has 2 aliphatic carbocycles. The second kappa shape index (κ2) is 11.0. The lowest BCUT2D eigenvalue weighted by molar-refractivity contribution is -0.130. The molecule has 0 radical (unpaired) electrons. The van der Waals surface area contributed by atoms with E-state index >= 15 is 0 Å². The van der Waals surface area contributed by atoms with Crippen LogP contribution in [-0.2, 0) is 11.3 Å². The summed E-state index contributed by atoms with van der Waals surface area (Å²) in [5, 5.41) is 6.46. The van der Waals surface area contributed by atoms with E-state index < -0.39 is 5.54 Å². The van der Waals surface area contributed by atoms with E-state index in [-0.39, 0.29) is 5.91 Å². The van der Waals surface area contributed by atoms with E-state index in [1.165, 1.54) is 51.4 Å². The second-order valence-electron chi connectivity index (χ2n) is 9.81. The third kappa shape index (κ3) is 5.89. The number of hydrogen-bond donors (Lipinski definition) is 3. The Morgan fingerprint density at radius 3 is 2.28 bits per heavy atom.